The number of fused-ring (bicyclic) bond motifs is 2. The van der Waals surface area contributed by atoms with E-state index < -0.39 is 50.6 Å². The van der Waals surface area contributed by atoms with Crippen molar-refractivity contribution in [3.63, 3.8) is 0 Å². The van der Waals surface area contributed by atoms with Crippen molar-refractivity contribution in [1.82, 2.24) is 4.98 Å². The number of hydrogen-bond donors (Lipinski definition) is 0. The Kier molecular flexibility index (Phi) is 6.23. The van der Waals surface area contributed by atoms with Crippen LogP contribution in [0.4, 0.5) is 0 Å². The highest BCUT2D eigenvalue weighted by Gasteiger charge is 2.76. The summed E-state index contributed by atoms with van der Waals surface area (Å²) in [6.45, 7) is 3.31. The Morgan fingerprint density at radius 2 is 1.42 bits per heavy atom. The van der Waals surface area contributed by atoms with Crippen molar-refractivity contribution in [1.29, 1.82) is 0 Å². The Hall–Kier alpha value is -3.11. The van der Waals surface area contributed by atoms with E-state index >= 15 is 0 Å². The van der Waals surface area contributed by atoms with Gasteiger partial charge in [0.2, 0.25) is 11.1 Å². The molecule has 0 radical (unpaired) electrons. The van der Waals surface area contributed by atoms with E-state index in [1.807, 2.05) is 0 Å². The molecule has 0 amide bonds. The molecular formula is C20H25N3O8. The minimum absolute atomic E-state index is 0.0569. The maximum atomic E-state index is 12.5. The van der Waals surface area contributed by atoms with Gasteiger partial charge in [0.05, 0.1) is 30.7 Å². The molecule has 31 heavy (non-hydrogen) atoms. The number of nitrogens with zero attached hydrogens (tertiary/aromatic N) is 3. The average Bonchev–Trinajstić information content (AvgIpc) is 2.73. The molecule has 2 aliphatic rings. The first-order chi connectivity index (χ1) is 14.7. The largest absolute Gasteiger partial charge is 0.466 e. The Morgan fingerprint density at radius 3 is 1.74 bits per heavy atom. The van der Waals surface area contributed by atoms with Crippen molar-refractivity contribution < 1.29 is 28.9 Å². The van der Waals surface area contributed by atoms with Crippen LogP contribution in [0.15, 0.2) is 24.4 Å². The Labute approximate surface area is 178 Å². The van der Waals surface area contributed by atoms with Crippen molar-refractivity contribution in [3.05, 3.63) is 50.3 Å². The van der Waals surface area contributed by atoms with E-state index in [2.05, 4.69) is 4.98 Å². The molecule has 3 rings (SSSR count). The molecule has 0 N–H and O–H groups in total. The van der Waals surface area contributed by atoms with Gasteiger partial charge in [0.15, 0.2) is 0 Å². The van der Waals surface area contributed by atoms with E-state index in [-0.39, 0.29) is 44.6 Å². The van der Waals surface area contributed by atoms with Gasteiger partial charge in [-0.2, -0.15) is 0 Å². The third kappa shape index (κ3) is 3.72. The van der Waals surface area contributed by atoms with Crippen LogP contribution in [-0.4, -0.2) is 51.1 Å². The first-order valence-electron chi connectivity index (χ1n) is 10.2. The molecule has 1 aromatic heterocycles. The standard InChI is InChI=1S/C20H25N3O8/c1-3-30-17(24)13-9-19(22(26)27)11-14(18(25)31-4-2)12-20(10-13,23(28)29)16(19)15-7-5-6-8-21-15/h5-8,13-14,16H,3-4,9-12H2,1-2H3. The van der Waals surface area contributed by atoms with Crippen LogP contribution in [0.5, 0.6) is 0 Å². The summed E-state index contributed by atoms with van der Waals surface area (Å²) in [5.41, 5.74) is -3.67. The van der Waals surface area contributed by atoms with E-state index in [0.29, 0.717) is 0 Å². The van der Waals surface area contributed by atoms with Gasteiger partial charge in [-0.1, -0.05) is 6.07 Å². The van der Waals surface area contributed by atoms with Crippen LogP contribution in [0.2, 0.25) is 0 Å². The molecule has 1 heterocycles. The molecule has 0 spiro atoms. The second-order valence-corrected chi connectivity index (χ2v) is 8.12. The molecule has 0 unspecified atom stereocenters. The van der Waals surface area contributed by atoms with Crippen molar-refractivity contribution in [2.75, 3.05) is 13.2 Å². The van der Waals surface area contributed by atoms with Crippen LogP contribution in [0.1, 0.15) is 51.1 Å². The number of aromatic nitrogens is 1. The maximum absolute atomic E-state index is 12.5. The van der Waals surface area contributed by atoms with Crippen LogP contribution in [-0.2, 0) is 19.1 Å². The number of esters is 2. The SMILES string of the molecule is CCOC(=O)C1CC2([N+](=O)[O-])CC(C(=O)OCC)CC([N+](=O)[O-])(C1)C2c1ccccn1. The van der Waals surface area contributed by atoms with Gasteiger partial charge in [0, 0.05) is 41.7 Å². The van der Waals surface area contributed by atoms with E-state index in [9.17, 15) is 29.8 Å². The smallest absolute Gasteiger partial charge is 0.309 e. The number of carbonyl (C=O) groups is 2. The van der Waals surface area contributed by atoms with Crippen LogP contribution in [0.3, 0.4) is 0 Å². The fourth-order valence-electron chi connectivity index (χ4n) is 5.45. The number of carbonyl (C=O) groups excluding carboxylic acids is 2. The zero-order valence-corrected chi connectivity index (χ0v) is 17.4. The number of pyridine rings is 1. The third-order valence-electron chi connectivity index (χ3n) is 6.42. The summed E-state index contributed by atoms with van der Waals surface area (Å²) in [6.07, 6.45) is 0.334. The lowest BCUT2D eigenvalue weighted by Crippen LogP contribution is -2.68. The molecule has 2 fully saturated rings. The zero-order chi connectivity index (χ0) is 22.8. The van der Waals surface area contributed by atoms with Gasteiger partial charge >= 0.3 is 11.9 Å². The molecule has 2 aliphatic carbocycles. The summed E-state index contributed by atoms with van der Waals surface area (Å²) < 4.78 is 10.1. The first kappa shape index (κ1) is 22.6. The summed E-state index contributed by atoms with van der Waals surface area (Å²) in [5, 5.41) is 25.1. The lowest BCUT2D eigenvalue weighted by Gasteiger charge is -2.51. The number of rotatable bonds is 7. The van der Waals surface area contributed by atoms with Crippen molar-refractivity contribution >= 4 is 11.9 Å². The molecule has 168 valence electrons. The molecule has 2 saturated carbocycles. The molecule has 0 aromatic carbocycles. The first-order valence-corrected chi connectivity index (χ1v) is 10.2. The topological polar surface area (TPSA) is 152 Å². The quantitative estimate of drug-likeness (QED) is 0.356. The van der Waals surface area contributed by atoms with Crippen molar-refractivity contribution in [2.45, 2.75) is 56.5 Å². The predicted octanol–water partition coefficient (Wildman–Crippen LogP) is 2.14. The van der Waals surface area contributed by atoms with Gasteiger partial charge in [-0.05, 0) is 26.0 Å². The Balaban J connectivity index is 2.21. The lowest BCUT2D eigenvalue weighted by atomic mass is 9.50. The van der Waals surface area contributed by atoms with Crippen molar-refractivity contribution in [3.8, 4) is 0 Å². The number of nitro groups is 2. The van der Waals surface area contributed by atoms with Crippen LogP contribution in [0, 0.1) is 32.1 Å². The second-order valence-electron chi connectivity index (χ2n) is 8.12. The molecule has 1 aromatic rings. The van der Waals surface area contributed by atoms with Gasteiger partial charge in [-0.3, -0.25) is 34.8 Å². The monoisotopic (exact) mass is 435 g/mol. The van der Waals surface area contributed by atoms with Gasteiger partial charge < -0.3 is 9.47 Å². The summed E-state index contributed by atoms with van der Waals surface area (Å²) in [7, 11) is 0. The van der Waals surface area contributed by atoms with Crippen molar-refractivity contribution in [2.24, 2.45) is 11.8 Å². The molecule has 11 nitrogen and oxygen atoms in total. The van der Waals surface area contributed by atoms with Crippen LogP contribution >= 0.6 is 0 Å². The Morgan fingerprint density at radius 1 is 0.968 bits per heavy atom. The van der Waals surface area contributed by atoms with Gasteiger partial charge in [0.1, 0.15) is 5.92 Å². The highest BCUT2D eigenvalue weighted by Crippen LogP contribution is 2.60. The minimum Gasteiger partial charge on any atom is -0.466 e. The summed E-state index contributed by atoms with van der Waals surface area (Å²) in [4.78, 5) is 53.2. The molecule has 2 bridgehead atoms. The second kappa shape index (κ2) is 8.56. The van der Waals surface area contributed by atoms with Crippen LogP contribution in [0.25, 0.3) is 0 Å². The fraction of sp³-hybridized carbons (Fsp3) is 0.650. The van der Waals surface area contributed by atoms with Gasteiger partial charge in [-0.25, -0.2) is 0 Å². The molecular weight excluding hydrogens is 410 g/mol. The van der Waals surface area contributed by atoms with E-state index in [1.54, 1.807) is 26.0 Å². The Bertz CT molecular complexity index is 810. The minimum atomic E-state index is -1.94. The van der Waals surface area contributed by atoms with Crippen LogP contribution < -0.4 is 0 Å². The van der Waals surface area contributed by atoms with E-state index in [4.69, 9.17) is 9.47 Å². The zero-order valence-electron chi connectivity index (χ0n) is 17.4. The number of hydrogen-bond acceptors (Lipinski definition) is 9. The molecule has 0 aliphatic heterocycles. The van der Waals surface area contributed by atoms with E-state index in [0.717, 1.165) is 0 Å². The highest BCUT2D eigenvalue weighted by atomic mass is 16.6. The molecule has 11 heteroatoms. The fourth-order valence-corrected chi connectivity index (χ4v) is 5.45. The third-order valence-corrected chi connectivity index (χ3v) is 6.42. The molecule has 0 atom stereocenters. The maximum Gasteiger partial charge on any atom is 0.309 e. The predicted molar refractivity (Wildman–Crippen MR) is 105 cm³/mol. The molecule has 0 saturated heterocycles. The highest BCUT2D eigenvalue weighted by molar-refractivity contribution is 5.75. The summed E-state index contributed by atoms with van der Waals surface area (Å²) in [5.74, 6) is -4.66. The number of ether oxygens (including phenoxy) is 2. The summed E-state index contributed by atoms with van der Waals surface area (Å²) in [6, 6.07) is 4.75. The lowest BCUT2D eigenvalue weighted by molar-refractivity contribution is -0.644. The summed E-state index contributed by atoms with van der Waals surface area (Å²) >= 11 is 0. The van der Waals surface area contributed by atoms with Gasteiger partial charge in [-0.15, -0.1) is 0 Å². The average molecular weight is 435 g/mol. The van der Waals surface area contributed by atoms with Gasteiger partial charge in [0.25, 0.3) is 0 Å². The normalized spacial score (nSPS) is 32.0. The van der Waals surface area contributed by atoms with E-state index in [1.165, 1.54) is 12.3 Å².